The number of nitriles is 1. The first-order valence-corrected chi connectivity index (χ1v) is 8.06. The van der Waals surface area contributed by atoms with Crippen LogP contribution in [0.1, 0.15) is 47.2 Å². The molecule has 7 nitrogen and oxygen atoms in total. The molecular weight excluding hydrogens is 351 g/mol. The van der Waals surface area contributed by atoms with Crippen molar-refractivity contribution >= 4 is 23.3 Å². The Labute approximate surface area is 155 Å². The first kappa shape index (κ1) is 19.8. The second kappa shape index (κ2) is 7.41. The van der Waals surface area contributed by atoms with Gasteiger partial charge in [-0.2, -0.15) is 5.26 Å². The molecular formula is C19H19FN4O3. The lowest BCUT2D eigenvalue weighted by Gasteiger charge is -2.20. The zero-order chi connectivity index (χ0) is 20.4. The van der Waals surface area contributed by atoms with Crippen LogP contribution in [0.15, 0.2) is 30.5 Å². The Bertz CT molecular complexity index is 964. The molecule has 2 rings (SSSR count). The standard InChI is InChI=1S/C19H19FN4O3/c1-19(2,3)23-18(27)16(25)15-13(7-8-24(15)4)17(26)22-12-5-6-14(20)11(9-12)10-21/h5-9H,1-4H3,(H,22,26)(H,23,27). The Morgan fingerprint density at radius 1 is 1.19 bits per heavy atom. The van der Waals surface area contributed by atoms with Crippen LogP contribution in [0.25, 0.3) is 0 Å². The van der Waals surface area contributed by atoms with Gasteiger partial charge in [0.25, 0.3) is 17.6 Å². The summed E-state index contributed by atoms with van der Waals surface area (Å²) in [5, 5.41) is 13.9. The van der Waals surface area contributed by atoms with Gasteiger partial charge in [-0.1, -0.05) is 0 Å². The highest BCUT2D eigenvalue weighted by atomic mass is 19.1. The number of halogens is 1. The fourth-order valence-corrected chi connectivity index (χ4v) is 2.39. The first-order valence-electron chi connectivity index (χ1n) is 8.06. The molecule has 2 N–H and O–H groups in total. The summed E-state index contributed by atoms with van der Waals surface area (Å²) in [5.74, 6) is -3.03. The van der Waals surface area contributed by atoms with Crippen LogP contribution in [0, 0.1) is 17.1 Å². The first-order chi connectivity index (χ1) is 12.5. The van der Waals surface area contributed by atoms with Crippen molar-refractivity contribution in [2.75, 3.05) is 5.32 Å². The van der Waals surface area contributed by atoms with E-state index in [0.29, 0.717) is 0 Å². The maximum absolute atomic E-state index is 13.4. The largest absolute Gasteiger partial charge is 0.347 e. The summed E-state index contributed by atoms with van der Waals surface area (Å²) in [7, 11) is 1.54. The number of ketones is 1. The number of hydrogen-bond donors (Lipinski definition) is 2. The molecule has 0 saturated heterocycles. The summed E-state index contributed by atoms with van der Waals surface area (Å²) in [4.78, 5) is 37.3. The Kier molecular flexibility index (Phi) is 5.45. The number of Topliss-reactive ketones (excluding diaryl/α,β-unsaturated/α-hetero) is 1. The minimum Gasteiger partial charge on any atom is -0.347 e. The molecule has 0 spiro atoms. The summed E-state index contributed by atoms with van der Waals surface area (Å²) >= 11 is 0. The third-order valence-electron chi connectivity index (χ3n) is 3.57. The van der Waals surface area contributed by atoms with Gasteiger partial charge in [-0.05, 0) is 45.0 Å². The summed E-state index contributed by atoms with van der Waals surface area (Å²) in [6.07, 6.45) is 1.48. The van der Waals surface area contributed by atoms with Gasteiger partial charge >= 0.3 is 0 Å². The van der Waals surface area contributed by atoms with Gasteiger partial charge in [0, 0.05) is 24.5 Å². The molecule has 2 amide bonds. The average molecular weight is 370 g/mol. The van der Waals surface area contributed by atoms with Crippen LogP contribution >= 0.6 is 0 Å². The molecule has 0 aliphatic rings. The monoisotopic (exact) mass is 370 g/mol. The highest BCUT2D eigenvalue weighted by molar-refractivity contribution is 6.44. The Balaban J connectivity index is 2.30. The van der Waals surface area contributed by atoms with E-state index < -0.39 is 29.0 Å². The fraction of sp³-hybridized carbons (Fsp3) is 0.263. The number of aryl methyl sites for hydroxylation is 1. The predicted octanol–water partition coefficient (Wildman–Crippen LogP) is 2.39. The minimum atomic E-state index is -0.848. The Morgan fingerprint density at radius 2 is 1.85 bits per heavy atom. The van der Waals surface area contributed by atoms with E-state index in [4.69, 9.17) is 5.26 Å². The number of rotatable bonds is 4. The molecule has 0 saturated carbocycles. The summed E-state index contributed by atoms with van der Waals surface area (Å²) in [5.41, 5.74) is -0.713. The van der Waals surface area contributed by atoms with Crippen LogP contribution < -0.4 is 10.6 Å². The van der Waals surface area contributed by atoms with Crippen LogP contribution in [0.4, 0.5) is 10.1 Å². The molecule has 0 bridgehead atoms. The van der Waals surface area contributed by atoms with Crippen LogP contribution in [0.2, 0.25) is 0 Å². The molecule has 0 fully saturated rings. The Hall–Kier alpha value is -3.47. The number of carbonyl (C=O) groups excluding carboxylic acids is 3. The predicted molar refractivity (Wildman–Crippen MR) is 96.7 cm³/mol. The second-order valence-electron chi connectivity index (χ2n) is 6.98. The van der Waals surface area contributed by atoms with E-state index in [9.17, 15) is 18.8 Å². The van der Waals surface area contributed by atoms with Gasteiger partial charge in [0.2, 0.25) is 0 Å². The van der Waals surface area contributed by atoms with Gasteiger partial charge in [-0.15, -0.1) is 0 Å². The third-order valence-corrected chi connectivity index (χ3v) is 3.57. The summed E-state index contributed by atoms with van der Waals surface area (Å²) in [6.45, 7) is 5.20. The zero-order valence-corrected chi connectivity index (χ0v) is 15.4. The molecule has 140 valence electrons. The number of anilines is 1. The molecule has 1 heterocycles. The number of carbonyl (C=O) groups is 3. The van der Waals surface area contributed by atoms with E-state index in [1.807, 2.05) is 0 Å². The van der Waals surface area contributed by atoms with E-state index in [1.165, 1.54) is 29.0 Å². The highest BCUT2D eigenvalue weighted by Gasteiger charge is 2.28. The molecule has 1 aromatic carbocycles. The molecule has 0 radical (unpaired) electrons. The van der Waals surface area contributed by atoms with E-state index in [0.717, 1.165) is 6.07 Å². The van der Waals surface area contributed by atoms with E-state index in [2.05, 4.69) is 10.6 Å². The van der Waals surface area contributed by atoms with Gasteiger partial charge < -0.3 is 15.2 Å². The van der Waals surface area contributed by atoms with Crippen molar-refractivity contribution in [1.82, 2.24) is 9.88 Å². The van der Waals surface area contributed by atoms with Crippen LogP contribution in [-0.2, 0) is 11.8 Å². The van der Waals surface area contributed by atoms with Gasteiger partial charge in [-0.3, -0.25) is 14.4 Å². The van der Waals surface area contributed by atoms with Gasteiger partial charge in [0.15, 0.2) is 0 Å². The van der Waals surface area contributed by atoms with Gasteiger partial charge in [0.05, 0.1) is 11.1 Å². The number of amides is 2. The van der Waals surface area contributed by atoms with Crippen molar-refractivity contribution in [3.63, 3.8) is 0 Å². The normalized spacial score (nSPS) is 10.8. The SMILES string of the molecule is Cn1ccc(C(=O)Nc2ccc(F)c(C#N)c2)c1C(=O)C(=O)NC(C)(C)C. The lowest BCUT2D eigenvalue weighted by molar-refractivity contribution is -0.118. The van der Waals surface area contributed by atoms with Gasteiger partial charge in [0.1, 0.15) is 17.6 Å². The van der Waals surface area contributed by atoms with Crippen molar-refractivity contribution < 1.29 is 18.8 Å². The minimum absolute atomic E-state index is 0.00519. The topological polar surface area (TPSA) is 104 Å². The molecule has 0 aliphatic carbocycles. The molecule has 8 heteroatoms. The lowest BCUT2D eigenvalue weighted by Crippen LogP contribution is -2.44. The van der Waals surface area contributed by atoms with Crippen molar-refractivity contribution in [3.05, 3.63) is 53.1 Å². The molecule has 1 aromatic heterocycles. The second-order valence-corrected chi connectivity index (χ2v) is 6.98. The fourth-order valence-electron chi connectivity index (χ4n) is 2.39. The number of aromatic nitrogens is 1. The summed E-state index contributed by atoms with van der Waals surface area (Å²) < 4.78 is 14.8. The average Bonchev–Trinajstić information content (AvgIpc) is 2.96. The van der Waals surface area contributed by atoms with Crippen LogP contribution in [-0.4, -0.2) is 27.7 Å². The maximum atomic E-state index is 13.4. The quantitative estimate of drug-likeness (QED) is 0.637. The highest BCUT2D eigenvalue weighted by Crippen LogP contribution is 2.18. The van der Waals surface area contributed by atoms with Crippen molar-refractivity contribution in [1.29, 1.82) is 5.26 Å². The maximum Gasteiger partial charge on any atom is 0.294 e. The number of nitrogens with zero attached hydrogens (tertiary/aromatic N) is 2. The van der Waals surface area contributed by atoms with Crippen LogP contribution in [0.5, 0.6) is 0 Å². The smallest absolute Gasteiger partial charge is 0.294 e. The summed E-state index contributed by atoms with van der Waals surface area (Å²) in [6, 6.07) is 6.62. The zero-order valence-electron chi connectivity index (χ0n) is 15.4. The van der Waals surface area contributed by atoms with Gasteiger partial charge in [-0.25, -0.2) is 4.39 Å². The molecule has 2 aromatic rings. The molecule has 0 aliphatic heterocycles. The lowest BCUT2D eigenvalue weighted by atomic mass is 10.1. The van der Waals surface area contributed by atoms with E-state index in [-0.39, 0.29) is 22.5 Å². The molecule has 0 unspecified atom stereocenters. The van der Waals surface area contributed by atoms with E-state index in [1.54, 1.807) is 33.9 Å². The molecule has 0 atom stereocenters. The number of nitrogens with one attached hydrogen (secondary N) is 2. The Morgan fingerprint density at radius 3 is 2.44 bits per heavy atom. The van der Waals surface area contributed by atoms with E-state index >= 15 is 0 Å². The van der Waals surface area contributed by atoms with Crippen LogP contribution in [0.3, 0.4) is 0 Å². The number of benzene rings is 1. The van der Waals surface area contributed by atoms with Crippen molar-refractivity contribution in [3.8, 4) is 6.07 Å². The third kappa shape index (κ3) is 4.58. The molecule has 27 heavy (non-hydrogen) atoms. The number of hydrogen-bond acceptors (Lipinski definition) is 4. The van der Waals surface area contributed by atoms with Crippen molar-refractivity contribution in [2.24, 2.45) is 7.05 Å². The van der Waals surface area contributed by atoms with Crippen molar-refractivity contribution in [2.45, 2.75) is 26.3 Å².